The number of hydrogen-bond donors (Lipinski definition) is 2. The molecule has 0 aliphatic heterocycles. The van der Waals surface area contributed by atoms with Crippen LogP contribution in [0.4, 0.5) is 5.69 Å². The molecule has 1 aromatic heterocycles. The van der Waals surface area contributed by atoms with Crippen LogP contribution in [0.5, 0.6) is 0 Å². The van der Waals surface area contributed by atoms with Crippen molar-refractivity contribution in [3.05, 3.63) is 72.3 Å². The van der Waals surface area contributed by atoms with E-state index in [-0.39, 0.29) is 30.7 Å². The molecule has 3 N–H and O–H groups in total. The number of para-hydroxylation sites is 2. The van der Waals surface area contributed by atoms with E-state index in [0.29, 0.717) is 5.69 Å². The van der Waals surface area contributed by atoms with Crippen LogP contribution in [0.25, 0.3) is 5.69 Å². The smallest absolute Gasteiger partial charge is 0.378 e. The van der Waals surface area contributed by atoms with Gasteiger partial charge in [-0.25, -0.2) is 19.3 Å². The minimum Gasteiger partial charge on any atom is -0.460 e. The number of nitrogens with zero attached hydrogens (tertiary/aromatic N) is 4. The number of halogens is 7. The van der Waals surface area contributed by atoms with Crippen molar-refractivity contribution >= 4 is 110 Å². The lowest BCUT2D eigenvalue weighted by molar-refractivity contribution is -0.135. The lowest BCUT2D eigenvalue weighted by Gasteiger charge is -2.11. The van der Waals surface area contributed by atoms with Gasteiger partial charge in [0, 0.05) is 0 Å². The summed E-state index contributed by atoms with van der Waals surface area (Å²) in [6.45, 7) is 3.87. The number of alkyl halides is 6. The van der Waals surface area contributed by atoms with Crippen molar-refractivity contribution in [1.29, 1.82) is 0 Å². The first kappa shape index (κ1) is 37.5. The van der Waals surface area contributed by atoms with Crippen LogP contribution in [0.15, 0.2) is 65.8 Å². The fourth-order valence-corrected chi connectivity index (χ4v) is 2.78. The summed E-state index contributed by atoms with van der Waals surface area (Å²) in [4.78, 5) is 36.5. The molecule has 42 heavy (non-hydrogen) atoms. The average Bonchev–Trinajstić information content (AvgIpc) is 3.40. The maximum Gasteiger partial charge on any atom is 0.378 e. The highest BCUT2D eigenvalue weighted by Gasteiger charge is 2.33. The van der Waals surface area contributed by atoms with E-state index in [9.17, 15) is 14.4 Å². The third-order valence-corrected chi connectivity index (χ3v) is 5.70. The predicted molar refractivity (Wildman–Crippen MR) is 166 cm³/mol. The molecule has 0 atom stereocenters. The molecule has 0 saturated carbocycles. The van der Waals surface area contributed by atoms with Crippen molar-refractivity contribution < 1.29 is 23.9 Å². The van der Waals surface area contributed by atoms with Crippen LogP contribution in [0.3, 0.4) is 0 Å². The number of esters is 2. The van der Waals surface area contributed by atoms with E-state index in [4.69, 9.17) is 91.7 Å². The highest BCUT2D eigenvalue weighted by atomic mass is 35.6. The van der Waals surface area contributed by atoms with E-state index in [1.807, 2.05) is 36.4 Å². The number of anilines is 1. The third-order valence-electron chi connectivity index (χ3n) is 4.11. The van der Waals surface area contributed by atoms with Crippen LogP contribution in [0.1, 0.15) is 30.3 Å². The summed E-state index contributed by atoms with van der Waals surface area (Å²) in [5.74, 6) is -1.62. The van der Waals surface area contributed by atoms with Crippen LogP contribution in [-0.4, -0.2) is 54.8 Å². The third kappa shape index (κ3) is 13.6. The van der Waals surface area contributed by atoms with Gasteiger partial charge in [0.05, 0.1) is 24.6 Å². The molecule has 228 valence electrons. The Morgan fingerprint density at radius 2 is 1.40 bits per heavy atom. The van der Waals surface area contributed by atoms with Gasteiger partial charge >= 0.3 is 11.9 Å². The number of ether oxygens (including phenoxy) is 2. The Labute approximate surface area is 276 Å². The topological polar surface area (TPSA) is 151 Å². The number of hydrogen-bond acceptors (Lipinski definition) is 9. The number of rotatable bonds is 6. The molecule has 0 aliphatic carbocycles. The molecule has 0 spiro atoms. The molecule has 11 nitrogen and oxygen atoms in total. The molecule has 2 aromatic carbocycles. The van der Waals surface area contributed by atoms with Crippen LogP contribution in [0.2, 0.25) is 0 Å². The van der Waals surface area contributed by atoms with Crippen molar-refractivity contribution in [2.75, 3.05) is 18.6 Å². The molecule has 0 amide bonds. The Morgan fingerprint density at radius 3 is 1.86 bits per heavy atom. The Morgan fingerprint density at radius 1 is 0.905 bits per heavy atom. The summed E-state index contributed by atoms with van der Waals surface area (Å²) < 4.78 is 7.03. The summed E-state index contributed by atoms with van der Waals surface area (Å²) >= 11 is 37.1. The van der Waals surface area contributed by atoms with Gasteiger partial charge in [0.1, 0.15) is 0 Å². The largest absolute Gasteiger partial charge is 0.460 e. The van der Waals surface area contributed by atoms with Crippen molar-refractivity contribution in [2.45, 2.75) is 21.4 Å². The Hall–Kier alpha value is -2.51. The molecule has 0 bridgehead atoms. The molecule has 18 heteroatoms. The van der Waals surface area contributed by atoms with E-state index in [2.05, 4.69) is 25.3 Å². The SMILES string of the molecule is CCOC(=O)/C(N)=N/Nc1ccccc1.CCOC(=O)c1nc(C(Cl)(Cl)Cl)n(-c2ccccc2)n1.O=C(Cl)C(Cl)(Cl)Cl. The number of nitrogens with one attached hydrogen (secondary N) is 1. The Balaban J connectivity index is 0.000000353. The van der Waals surface area contributed by atoms with E-state index < -0.39 is 24.8 Å². The predicted octanol–water partition coefficient (Wildman–Crippen LogP) is 6.33. The highest BCUT2D eigenvalue weighted by Crippen LogP contribution is 2.38. The van der Waals surface area contributed by atoms with Gasteiger partial charge in [-0.3, -0.25) is 10.2 Å². The number of carbonyl (C=O) groups excluding carboxylic acids is 3. The van der Waals surface area contributed by atoms with E-state index in [1.54, 1.807) is 38.1 Å². The number of carbonyl (C=O) groups is 3. The maximum absolute atomic E-state index is 11.7. The van der Waals surface area contributed by atoms with Crippen LogP contribution < -0.4 is 11.2 Å². The fourth-order valence-electron chi connectivity index (χ4n) is 2.42. The van der Waals surface area contributed by atoms with E-state index in [1.165, 1.54) is 4.68 Å². The molecule has 0 saturated heterocycles. The average molecular weight is 724 g/mol. The van der Waals surface area contributed by atoms with Crippen molar-refractivity contribution in [3.63, 3.8) is 0 Å². The van der Waals surface area contributed by atoms with Crippen LogP contribution in [-0.2, 0) is 22.9 Å². The summed E-state index contributed by atoms with van der Waals surface area (Å²) in [6.07, 6.45) is 0. The minimum absolute atomic E-state index is 0.0248. The van der Waals surface area contributed by atoms with Crippen molar-refractivity contribution in [1.82, 2.24) is 14.8 Å². The number of amidine groups is 1. The second kappa shape index (κ2) is 18.2. The molecular formula is C24H23Cl7N6O5. The van der Waals surface area contributed by atoms with Gasteiger partial charge in [-0.1, -0.05) is 106 Å². The van der Waals surface area contributed by atoms with Crippen LogP contribution in [0, 0.1) is 0 Å². The number of benzene rings is 2. The van der Waals surface area contributed by atoms with Gasteiger partial charge < -0.3 is 15.2 Å². The molecule has 0 aliphatic rings. The summed E-state index contributed by atoms with van der Waals surface area (Å²) in [5.41, 5.74) is 9.39. The Bertz CT molecular complexity index is 1330. The second-order valence-corrected chi connectivity index (χ2v) is 12.1. The zero-order chi connectivity index (χ0) is 31.9. The standard InChI is InChI=1S/C12H10Cl3N3O2.C10H13N3O2.C2Cl4O/c1-2-20-10(19)9-16-11(12(13,14)15)18(17-9)8-6-4-3-5-7-8;1-2-15-10(14)9(11)13-12-8-6-4-3-5-7-8;3-1(7)2(4,5)6/h3-7H,2H2,1H3;3-7,12H,2H2,1H3,(H2,11,13);. The van der Waals surface area contributed by atoms with Gasteiger partial charge in [-0.2, -0.15) is 0 Å². The van der Waals surface area contributed by atoms with Gasteiger partial charge in [-0.05, 0) is 49.7 Å². The summed E-state index contributed by atoms with van der Waals surface area (Å²) in [6, 6.07) is 18.1. The quantitative estimate of drug-likeness (QED) is 0.0743. The summed E-state index contributed by atoms with van der Waals surface area (Å²) in [7, 11) is 0. The lowest BCUT2D eigenvalue weighted by atomic mass is 10.3. The molecule has 0 radical (unpaired) electrons. The van der Waals surface area contributed by atoms with Crippen molar-refractivity contribution in [3.8, 4) is 5.69 Å². The van der Waals surface area contributed by atoms with Gasteiger partial charge in [0.25, 0.3) is 14.9 Å². The normalized spacial score (nSPS) is 11.2. The van der Waals surface area contributed by atoms with Crippen molar-refractivity contribution in [2.24, 2.45) is 10.8 Å². The molecule has 3 aromatic rings. The minimum atomic E-state index is -1.96. The van der Waals surface area contributed by atoms with E-state index in [0.717, 1.165) is 5.69 Å². The molecule has 0 unspecified atom stereocenters. The number of hydrazone groups is 1. The molecular weight excluding hydrogens is 700 g/mol. The first-order valence-corrected chi connectivity index (χ1v) is 14.1. The lowest BCUT2D eigenvalue weighted by Crippen LogP contribution is -2.27. The second-order valence-electron chi connectivity index (χ2n) is 7.19. The molecule has 1 heterocycles. The zero-order valence-corrected chi connectivity index (χ0v) is 27.0. The first-order chi connectivity index (χ1) is 19.6. The molecule has 0 fully saturated rings. The fraction of sp³-hybridized carbons (Fsp3) is 0.250. The summed E-state index contributed by atoms with van der Waals surface area (Å²) in [5, 5.41) is 6.74. The Kier molecular flexibility index (Phi) is 16.3. The maximum atomic E-state index is 11.7. The monoisotopic (exact) mass is 720 g/mol. The van der Waals surface area contributed by atoms with Gasteiger partial charge in [-0.15, -0.1) is 10.2 Å². The zero-order valence-electron chi connectivity index (χ0n) is 21.7. The number of aromatic nitrogens is 3. The first-order valence-electron chi connectivity index (χ1n) is 11.5. The van der Waals surface area contributed by atoms with Crippen LogP contribution >= 0.6 is 81.2 Å². The highest BCUT2D eigenvalue weighted by molar-refractivity contribution is 6.88. The van der Waals surface area contributed by atoms with E-state index >= 15 is 0 Å². The number of nitrogens with two attached hydrogens (primary N) is 1. The van der Waals surface area contributed by atoms with Gasteiger partial charge in [0.15, 0.2) is 5.82 Å². The van der Waals surface area contributed by atoms with Gasteiger partial charge in [0.2, 0.25) is 9.63 Å². The molecule has 3 rings (SSSR count).